The Bertz CT molecular complexity index is 1250. The van der Waals surface area contributed by atoms with E-state index >= 15 is 0 Å². The summed E-state index contributed by atoms with van der Waals surface area (Å²) in [6.07, 6.45) is 3.74. The van der Waals surface area contributed by atoms with Gasteiger partial charge in [-0.1, -0.05) is 0 Å². The van der Waals surface area contributed by atoms with E-state index in [0.717, 1.165) is 53.9 Å². The maximum atomic E-state index is 12.8. The van der Waals surface area contributed by atoms with E-state index in [1.54, 1.807) is 10.5 Å². The van der Waals surface area contributed by atoms with Crippen molar-refractivity contribution in [2.45, 2.75) is 6.92 Å². The molecule has 1 aliphatic rings. The zero-order valence-corrected chi connectivity index (χ0v) is 16.0. The average molecular weight is 374 g/mol. The lowest BCUT2D eigenvalue weighted by Crippen LogP contribution is -2.43. The fourth-order valence-electron chi connectivity index (χ4n) is 4.05. The van der Waals surface area contributed by atoms with Gasteiger partial charge in [-0.25, -0.2) is 4.98 Å². The molecule has 3 aromatic heterocycles. The molecule has 1 saturated heterocycles. The number of pyridine rings is 1. The van der Waals surface area contributed by atoms with Crippen LogP contribution in [-0.2, 0) is 7.05 Å². The first-order valence-electron chi connectivity index (χ1n) is 9.52. The van der Waals surface area contributed by atoms with Gasteiger partial charge in [-0.3, -0.25) is 13.9 Å². The second kappa shape index (κ2) is 6.45. The molecule has 0 bridgehead atoms. The van der Waals surface area contributed by atoms with Gasteiger partial charge in [0.05, 0.1) is 23.1 Å². The van der Waals surface area contributed by atoms with E-state index in [1.165, 1.54) is 0 Å². The molecule has 1 aliphatic heterocycles. The molecule has 1 N–H and O–H groups in total. The quantitative estimate of drug-likeness (QED) is 0.581. The number of nitrogens with zero attached hydrogens (tertiary/aromatic N) is 5. The molecule has 4 heterocycles. The largest absolute Gasteiger partial charge is 0.368 e. The van der Waals surface area contributed by atoms with E-state index in [1.807, 2.05) is 42.3 Å². The summed E-state index contributed by atoms with van der Waals surface area (Å²) in [5, 5.41) is 8.73. The molecule has 4 aromatic rings. The van der Waals surface area contributed by atoms with Crippen LogP contribution in [0.25, 0.3) is 27.8 Å². The first-order chi connectivity index (χ1) is 13.6. The van der Waals surface area contributed by atoms with Crippen LogP contribution in [0.2, 0.25) is 0 Å². The lowest BCUT2D eigenvalue weighted by atomic mass is 10.0. The van der Waals surface area contributed by atoms with E-state index in [9.17, 15) is 4.79 Å². The Hall–Kier alpha value is -3.19. The molecule has 142 valence electrons. The third-order valence-electron chi connectivity index (χ3n) is 5.45. The number of anilines is 1. The van der Waals surface area contributed by atoms with Crippen LogP contribution in [0.5, 0.6) is 0 Å². The zero-order valence-electron chi connectivity index (χ0n) is 16.0. The number of aromatic nitrogens is 4. The SMILES string of the molecule is Cc1cc(-c2cc(=O)n3cc(N4CCNCC4)ccc3n2)cc2cnn(C)c12. The molecule has 0 amide bonds. The van der Waals surface area contributed by atoms with Crippen molar-refractivity contribution in [3.05, 3.63) is 58.6 Å². The normalized spacial score (nSPS) is 14.9. The highest BCUT2D eigenvalue weighted by atomic mass is 16.1. The van der Waals surface area contributed by atoms with E-state index in [4.69, 9.17) is 4.98 Å². The molecule has 0 aliphatic carbocycles. The van der Waals surface area contributed by atoms with Crippen LogP contribution in [-0.4, -0.2) is 45.3 Å². The molecule has 7 nitrogen and oxygen atoms in total. The van der Waals surface area contributed by atoms with Crippen LogP contribution in [0.4, 0.5) is 5.69 Å². The predicted octanol–water partition coefficient (Wildman–Crippen LogP) is 1.97. The minimum Gasteiger partial charge on any atom is -0.368 e. The van der Waals surface area contributed by atoms with Gasteiger partial charge in [-0.2, -0.15) is 5.10 Å². The van der Waals surface area contributed by atoms with Crippen LogP contribution in [0, 0.1) is 6.92 Å². The van der Waals surface area contributed by atoms with Gasteiger partial charge in [0, 0.05) is 56.4 Å². The number of benzene rings is 1. The van der Waals surface area contributed by atoms with Gasteiger partial charge in [0.15, 0.2) is 0 Å². The number of fused-ring (bicyclic) bond motifs is 2. The molecule has 0 atom stereocenters. The molecule has 5 rings (SSSR count). The highest BCUT2D eigenvalue weighted by Crippen LogP contribution is 2.26. The van der Waals surface area contributed by atoms with Gasteiger partial charge >= 0.3 is 0 Å². The second-order valence-electron chi connectivity index (χ2n) is 7.33. The molecular weight excluding hydrogens is 352 g/mol. The van der Waals surface area contributed by atoms with E-state index in [0.29, 0.717) is 11.3 Å². The minimum absolute atomic E-state index is 0.0686. The zero-order chi connectivity index (χ0) is 19.3. The molecule has 0 unspecified atom stereocenters. The fourth-order valence-corrected chi connectivity index (χ4v) is 4.05. The summed E-state index contributed by atoms with van der Waals surface area (Å²) >= 11 is 0. The van der Waals surface area contributed by atoms with Crippen molar-refractivity contribution in [1.29, 1.82) is 0 Å². The molecule has 0 spiro atoms. The van der Waals surface area contributed by atoms with Gasteiger partial charge < -0.3 is 10.2 Å². The Morgan fingerprint density at radius 1 is 1.11 bits per heavy atom. The summed E-state index contributed by atoms with van der Waals surface area (Å²) in [5.74, 6) is 0. The fraction of sp³-hybridized carbons (Fsp3) is 0.286. The lowest BCUT2D eigenvalue weighted by Gasteiger charge is -2.29. The Labute approximate surface area is 162 Å². The van der Waals surface area contributed by atoms with Crippen molar-refractivity contribution in [1.82, 2.24) is 24.5 Å². The second-order valence-corrected chi connectivity index (χ2v) is 7.33. The van der Waals surface area contributed by atoms with Gasteiger partial charge in [0.25, 0.3) is 5.56 Å². The molecule has 1 aromatic carbocycles. The Morgan fingerprint density at radius 3 is 2.75 bits per heavy atom. The molecule has 28 heavy (non-hydrogen) atoms. The number of nitrogens with one attached hydrogen (secondary N) is 1. The van der Waals surface area contributed by atoms with Crippen molar-refractivity contribution in [2.75, 3.05) is 31.1 Å². The standard InChI is InChI=1S/C21H22N6O/c1-14-9-15(10-16-12-23-25(2)21(14)16)18-11-20(28)27-13-17(3-4-19(27)24-18)26-7-5-22-6-8-26/h3-4,9-13,22H,5-8H2,1-2H3. The molecule has 7 heteroatoms. The summed E-state index contributed by atoms with van der Waals surface area (Å²) in [4.78, 5) is 19.9. The van der Waals surface area contributed by atoms with Gasteiger partial charge in [-0.05, 0) is 36.8 Å². The van der Waals surface area contributed by atoms with E-state index < -0.39 is 0 Å². The molecule has 1 fully saturated rings. The smallest absolute Gasteiger partial charge is 0.258 e. The van der Waals surface area contributed by atoms with Gasteiger partial charge in [0.1, 0.15) is 5.65 Å². The maximum Gasteiger partial charge on any atom is 0.258 e. The highest BCUT2D eigenvalue weighted by Gasteiger charge is 2.13. The number of hydrogen-bond donors (Lipinski definition) is 1. The Balaban J connectivity index is 1.60. The van der Waals surface area contributed by atoms with Crippen molar-refractivity contribution in [3.8, 4) is 11.3 Å². The number of rotatable bonds is 2. The van der Waals surface area contributed by atoms with Crippen LogP contribution < -0.4 is 15.8 Å². The van der Waals surface area contributed by atoms with Crippen molar-refractivity contribution in [2.24, 2.45) is 7.05 Å². The van der Waals surface area contributed by atoms with Gasteiger partial charge in [0.2, 0.25) is 0 Å². The molecular formula is C21H22N6O. The topological polar surface area (TPSA) is 67.5 Å². The van der Waals surface area contributed by atoms with Crippen LogP contribution in [0.3, 0.4) is 0 Å². The number of aryl methyl sites for hydroxylation is 2. The van der Waals surface area contributed by atoms with Crippen molar-refractivity contribution >= 4 is 22.2 Å². The Morgan fingerprint density at radius 2 is 1.93 bits per heavy atom. The Kier molecular flexibility index (Phi) is 3.91. The summed E-state index contributed by atoms with van der Waals surface area (Å²) in [6, 6.07) is 9.70. The summed E-state index contributed by atoms with van der Waals surface area (Å²) < 4.78 is 3.51. The van der Waals surface area contributed by atoms with Crippen molar-refractivity contribution in [3.63, 3.8) is 0 Å². The van der Waals surface area contributed by atoms with Crippen LogP contribution in [0.1, 0.15) is 5.56 Å². The summed E-state index contributed by atoms with van der Waals surface area (Å²) in [7, 11) is 1.94. The molecule has 0 radical (unpaired) electrons. The highest BCUT2D eigenvalue weighted by molar-refractivity contribution is 5.87. The number of hydrogen-bond acceptors (Lipinski definition) is 5. The number of piperazine rings is 1. The maximum absolute atomic E-state index is 12.8. The first-order valence-corrected chi connectivity index (χ1v) is 9.52. The summed E-state index contributed by atoms with van der Waals surface area (Å²) in [6.45, 7) is 5.86. The lowest BCUT2D eigenvalue weighted by molar-refractivity contribution is 0.588. The first kappa shape index (κ1) is 16.9. The van der Waals surface area contributed by atoms with E-state index in [-0.39, 0.29) is 5.56 Å². The van der Waals surface area contributed by atoms with Crippen LogP contribution >= 0.6 is 0 Å². The van der Waals surface area contributed by atoms with Crippen LogP contribution in [0.15, 0.2) is 47.5 Å². The third-order valence-corrected chi connectivity index (χ3v) is 5.45. The summed E-state index contributed by atoms with van der Waals surface area (Å²) in [5.41, 5.74) is 5.48. The predicted molar refractivity (Wildman–Crippen MR) is 111 cm³/mol. The third kappa shape index (κ3) is 2.75. The van der Waals surface area contributed by atoms with E-state index in [2.05, 4.69) is 28.3 Å². The van der Waals surface area contributed by atoms with Crippen molar-refractivity contribution < 1.29 is 0 Å². The molecule has 0 saturated carbocycles. The average Bonchev–Trinajstić information content (AvgIpc) is 3.09. The van der Waals surface area contributed by atoms with Gasteiger partial charge in [-0.15, -0.1) is 0 Å². The monoisotopic (exact) mass is 374 g/mol. The minimum atomic E-state index is -0.0686.